The van der Waals surface area contributed by atoms with Crippen LogP contribution in [0.5, 0.6) is 5.75 Å². The van der Waals surface area contributed by atoms with Crippen LogP contribution in [0.3, 0.4) is 0 Å². The Kier molecular flexibility index (Phi) is 6.12. The van der Waals surface area contributed by atoms with Gasteiger partial charge >= 0.3 is 6.18 Å². The summed E-state index contributed by atoms with van der Waals surface area (Å²) in [6.45, 7) is 0. The van der Waals surface area contributed by atoms with Gasteiger partial charge in [-0.1, -0.05) is 44.8 Å². The molecule has 0 spiro atoms. The second-order valence-electron chi connectivity index (χ2n) is 6.00. The van der Waals surface area contributed by atoms with Gasteiger partial charge in [0, 0.05) is 26.0 Å². The van der Waals surface area contributed by atoms with Gasteiger partial charge in [0.25, 0.3) is 5.78 Å². The first-order chi connectivity index (χ1) is 14.2. The highest BCUT2D eigenvalue weighted by Gasteiger charge is 2.41. The number of hydrogen-bond donors (Lipinski definition) is 1. The molecule has 0 aliphatic rings. The van der Waals surface area contributed by atoms with E-state index in [1.807, 2.05) is 0 Å². The van der Waals surface area contributed by atoms with E-state index in [4.69, 9.17) is 21.9 Å². The van der Waals surface area contributed by atoms with Gasteiger partial charge in [0.2, 0.25) is 0 Å². The van der Waals surface area contributed by atoms with E-state index in [0.717, 1.165) is 0 Å². The van der Waals surface area contributed by atoms with Gasteiger partial charge in [-0.25, -0.2) is 0 Å². The normalized spacial score (nSPS) is 11.7. The number of ketones is 1. The number of benzene rings is 2. The standard InChI is InChI=1S/C19H11BrClF3N4O2/c1-30-16-8-14(27-28-25)9(6-12(16)21)2-5-13-17(18(29)19(22,23)24)11-4-3-10(20)7-15(11)26-13/h2-8,26H,1H3/b5-2+. The number of nitrogens with one attached hydrogen (secondary N) is 1. The molecule has 1 N–H and O–H groups in total. The van der Waals surface area contributed by atoms with Gasteiger partial charge in [0.15, 0.2) is 0 Å². The number of hydrogen-bond acceptors (Lipinski definition) is 3. The van der Waals surface area contributed by atoms with Crippen LogP contribution >= 0.6 is 27.5 Å². The minimum atomic E-state index is -5.05. The zero-order valence-electron chi connectivity index (χ0n) is 15.1. The monoisotopic (exact) mass is 498 g/mol. The summed E-state index contributed by atoms with van der Waals surface area (Å²) in [7, 11) is 1.38. The molecule has 0 amide bonds. The maximum absolute atomic E-state index is 13.2. The molecule has 6 nitrogen and oxygen atoms in total. The molecule has 2 aromatic carbocycles. The van der Waals surface area contributed by atoms with E-state index in [9.17, 15) is 18.0 Å². The van der Waals surface area contributed by atoms with Crippen molar-refractivity contribution in [2.45, 2.75) is 6.18 Å². The second-order valence-corrected chi connectivity index (χ2v) is 7.32. The van der Waals surface area contributed by atoms with Crippen LogP contribution < -0.4 is 4.74 Å². The number of H-pyrrole nitrogens is 1. The third-order valence-electron chi connectivity index (χ3n) is 4.16. The summed E-state index contributed by atoms with van der Waals surface area (Å²) in [6.07, 6.45) is -2.37. The molecule has 0 fully saturated rings. The lowest BCUT2D eigenvalue weighted by Gasteiger charge is -2.07. The van der Waals surface area contributed by atoms with Crippen molar-refractivity contribution >= 4 is 62.1 Å². The lowest BCUT2D eigenvalue weighted by Crippen LogP contribution is -2.23. The number of Topliss-reactive ketones (excluding diaryl/α,β-unsaturated/α-hetero) is 1. The van der Waals surface area contributed by atoms with Crippen molar-refractivity contribution in [2.24, 2.45) is 5.11 Å². The number of azide groups is 1. The lowest BCUT2D eigenvalue weighted by molar-refractivity contribution is -0.0884. The third-order valence-corrected chi connectivity index (χ3v) is 4.95. The molecule has 0 saturated heterocycles. The molecule has 0 unspecified atom stereocenters. The summed E-state index contributed by atoms with van der Waals surface area (Å²) < 4.78 is 45.2. The minimum absolute atomic E-state index is 0.0516. The van der Waals surface area contributed by atoms with Crippen LogP contribution in [-0.4, -0.2) is 24.1 Å². The molecule has 0 bridgehead atoms. The van der Waals surface area contributed by atoms with E-state index in [2.05, 4.69) is 30.9 Å². The smallest absolute Gasteiger partial charge is 0.454 e. The number of aromatic amines is 1. The molecule has 30 heavy (non-hydrogen) atoms. The number of aromatic nitrogens is 1. The summed E-state index contributed by atoms with van der Waals surface area (Å²) in [4.78, 5) is 17.6. The first-order valence-corrected chi connectivity index (χ1v) is 9.36. The molecule has 0 radical (unpaired) electrons. The van der Waals surface area contributed by atoms with E-state index in [1.54, 1.807) is 12.1 Å². The second kappa shape index (κ2) is 8.43. The van der Waals surface area contributed by atoms with E-state index >= 15 is 0 Å². The van der Waals surface area contributed by atoms with Crippen LogP contribution in [0.25, 0.3) is 33.5 Å². The van der Waals surface area contributed by atoms with Crippen molar-refractivity contribution in [3.63, 3.8) is 0 Å². The van der Waals surface area contributed by atoms with Crippen LogP contribution in [0.1, 0.15) is 21.6 Å². The van der Waals surface area contributed by atoms with Crippen LogP contribution in [0.4, 0.5) is 18.9 Å². The van der Waals surface area contributed by atoms with Gasteiger partial charge < -0.3 is 9.72 Å². The van der Waals surface area contributed by atoms with Gasteiger partial charge in [-0.05, 0) is 41.4 Å². The van der Waals surface area contributed by atoms with Crippen molar-refractivity contribution in [3.8, 4) is 5.75 Å². The van der Waals surface area contributed by atoms with Crippen LogP contribution in [0, 0.1) is 0 Å². The topological polar surface area (TPSA) is 90.8 Å². The van der Waals surface area contributed by atoms with Gasteiger partial charge in [0.05, 0.1) is 23.4 Å². The van der Waals surface area contributed by atoms with Gasteiger partial charge in [-0.3, -0.25) is 4.79 Å². The highest BCUT2D eigenvalue weighted by molar-refractivity contribution is 9.10. The number of alkyl halides is 3. The molecule has 0 aliphatic carbocycles. The quantitative estimate of drug-likeness (QED) is 0.171. The molecule has 1 heterocycles. The first kappa shape index (κ1) is 21.8. The molecule has 3 rings (SSSR count). The van der Waals surface area contributed by atoms with Gasteiger partial charge in [0.1, 0.15) is 5.75 Å². The van der Waals surface area contributed by atoms with E-state index < -0.39 is 17.5 Å². The SMILES string of the molecule is COc1cc(N=[N+]=[N-])c(/C=C/c2[nH]c3cc(Br)ccc3c2C(=O)C(F)(F)F)cc1Cl. The van der Waals surface area contributed by atoms with Crippen LogP contribution in [0.15, 0.2) is 39.9 Å². The molecule has 11 heteroatoms. The Morgan fingerprint density at radius 2 is 2.03 bits per heavy atom. The van der Waals surface area contributed by atoms with Crippen molar-refractivity contribution in [2.75, 3.05) is 7.11 Å². The predicted octanol–water partition coefficient (Wildman–Crippen LogP) is 7.45. The molecular weight excluding hydrogens is 489 g/mol. The number of ether oxygens (including phenoxy) is 1. The highest BCUT2D eigenvalue weighted by Crippen LogP contribution is 2.35. The van der Waals surface area contributed by atoms with Gasteiger partial charge in [-0.2, -0.15) is 13.2 Å². The number of methoxy groups -OCH3 is 1. The summed E-state index contributed by atoms with van der Waals surface area (Å²) >= 11 is 9.35. The summed E-state index contributed by atoms with van der Waals surface area (Å²) in [5, 5.41) is 3.88. The number of rotatable bonds is 5. The summed E-state index contributed by atoms with van der Waals surface area (Å²) in [5.74, 6) is -1.71. The summed E-state index contributed by atoms with van der Waals surface area (Å²) in [5.41, 5.74) is 9.03. The summed E-state index contributed by atoms with van der Waals surface area (Å²) in [6, 6.07) is 7.36. The molecule has 0 saturated carbocycles. The average molecular weight is 500 g/mol. The van der Waals surface area contributed by atoms with E-state index in [1.165, 1.54) is 37.5 Å². The number of carbonyl (C=O) groups excluding carboxylic acids is 1. The molecule has 0 atom stereocenters. The largest absolute Gasteiger partial charge is 0.495 e. The van der Waals surface area contributed by atoms with Gasteiger partial charge in [-0.15, -0.1) is 0 Å². The molecular formula is C19H11BrClF3N4O2. The van der Waals surface area contributed by atoms with E-state index in [0.29, 0.717) is 15.6 Å². The highest BCUT2D eigenvalue weighted by atomic mass is 79.9. The number of fused-ring (bicyclic) bond motifs is 1. The Morgan fingerprint density at radius 3 is 2.67 bits per heavy atom. The Hall–Kier alpha value is -2.94. The molecule has 3 aromatic rings. The maximum Gasteiger partial charge on any atom is 0.454 e. The van der Waals surface area contributed by atoms with Crippen LogP contribution in [-0.2, 0) is 0 Å². The minimum Gasteiger partial charge on any atom is -0.495 e. The third kappa shape index (κ3) is 4.30. The average Bonchev–Trinajstić information content (AvgIpc) is 3.03. The van der Waals surface area contributed by atoms with Crippen LogP contribution in [0.2, 0.25) is 5.02 Å². The number of carbonyl (C=O) groups is 1. The number of nitrogens with zero attached hydrogens (tertiary/aromatic N) is 3. The Labute approximate surface area is 181 Å². The molecule has 154 valence electrons. The Bertz CT molecular complexity index is 1230. The zero-order valence-corrected chi connectivity index (χ0v) is 17.4. The van der Waals surface area contributed by atoms with Crippen molar-refractivity contribution < 1.29 is 22.7 Å². The fourth-order valence-corrected chi connectivity index (χ4v) is 3.47. The number of halogens is 5. The fourth-order valence-electron chi connectivity index (χ4n) is 2.86. The Balaban J connectivity index is 2.19. The zero-order chi connectivity index (χ0) is 22.1. The Morgan fingerprint density at radius 1 is 1.30 bits per heavy atom. The van der Waals surface area contributed by atoms with E-state index in [-0.39, 0.29) is 27.5 Å². The first-order valence-electron chi connectivity index (χ1n) is 8.19. The maximum atomic E-state index is 13.2. The van der Waals surface area contributed by atoms with Crippen molar-refractivity contribution in [3.05, 3.63) is 67.1 Å². The lowest BCUT2D eigenvalue weighted by atomic mass is 10.0. The van der Waals surface area contributed by atoms with Crippen molar-refractivity contribution in [1.82, 2.24) is 4.98 Å². The molecule has 0 aliphatic heterocycles. The fraction of sp³-hybridized carbons (Fsp3) is 0.105. The predicted molar refractivity (Wildman–Crippen MR) is 112 cm³/mol. The van der Waals surface area contributed by atoms with Crippen molar-refractivity contribution in [1.29, 1.82) is 0 Å². The molecule has 1 aromatic heterocycles.